The van der Waals surface area contributed by atoms with E-state index in [1.807, 2.05) is 50.2 Å². The lowest BCUT2D eigenvalue weighted by atomic mass is 10.1. The summed E-state index contributed by atoms with van der Waals surface area (Å²) in [4.78, 5) is 27.2. The van der Waals surface area contributed by atoms with Gasteiger partial charge in [-0.25, -0.2) is 4.98 Å². The number of nitrogens with one attached hydrogen (secondary N) is 2. The zero-order valence-electron chi connectivity index (χ0n) is 17.2. The van der Waals surface area contributed by atoms with E-state index in [4.69, 9.17) is 16.6 Å². The summed E-state index contributed by atoms with van der Waals surface area (Å²) in [6.45, 7) is 3.90. The molecule has 4 rings (SSSR count). The molecule has 1 heterocycles. The van der Waals surface area contributed by atoms with Gasteiger partial charge in [0.1, 0.15) is 5.52 Å². The summed E-state index contributed by atoms with van der Waals surface area (Å²) >= 11 is 5.28. The standard InChI is InChI=1S/C23H18N4O4S/c1-13-3-10-20-19(11-13)24-22(31-20)16-5-4-14(2)18(12-16)25-23(32)26-21(28)15-6-8-17(9-7-15)27(29)30/h3-12H,1-2H3,(H2,25,26,28,32). The van der Waals surface area contributed by atoms with Crippen LogP contribution in [0.4, 0.5) is 11.4 Å². The van der Waals surface area contributed by atoms with Crippen molar-refractivity contribution in [3.05, 3.63) is 87.5 Å². The van der Waals surface area contributed by atoms with Crippen LogP contribution in [0.3, 0.4) is 0 Å². The van der Waals surface area contributed by atoms with Crippen molar-refractivity contribution >= 4 is 45.7 Å². The SMILES string of the molecule is Cc1ccc2oc(-c3ccc(C)c(NC(=S)NC(=O)c4ccc([N+](=O)[O-])cc4)c3)nc2c1. The van der Waals surface area contributed by atoms with Gasteiger partial charge < -0.3 is 9.73 Å². The number of anilines is 1. The number of aromatic nitrogens is 1. The number of carbonyl (C=O) groups is 1. The van der Waals surface area contributed by atoms with E-state index in [9.17, 15) is 14.9 Å². The third kappa shape index (κ3) is 4.47. The number of nitro groups is 1. The monoisotopic (exact) mass is 446 g/mol. The molecule has 0 saturated heterocycles. The van der Waals surface area contributed by atoms with Crippen LogP contribution in [0.5, 0.6) is 0 Å². The van der Waals surface area contributed by atoms with E-state index in [-0.39, 0.29) is 16.4 Å². The molecule has 0 unspecified atom stereocenters. The van der Waals surface area contributed by atoms with Crippen LogP contribution in [0, 0.1) is 24.0 Å². The highest BCUT2D eigenvalue weighted by Gasteiger charge is 2.13. The number of rotatable bonds is 4. The lowest BCUT2D eigenvalue weighted by Gasteiger charge is -2.12. The molecule has 2 N–H and O–H groups in total. The molecule has 160 valence electrons. The Hall–Kier alpha value is -4.11. The van der Waals surface area contributed by atoms with Crippen LogP contribution >= 0.6 is 12.2 Å². The third-order valence-corrected chi connectivity index (χ3v) is 5.05. The molecular weight excluding hydrogens is 428 g/mol. The number of carbonyl (C=O) groups excluding carboxylic acids is 1. The number of hydrogen-bond acceptors (Lipinski definition) is 6. The van der Waals surface area contributed by atoms with Gasteiger partial charge in [-0.1, -0.05) is 12.1 Å². The van der Waals surface area contributed by atoms with Crippen molar-refractivity contribution in [3.63, 3.8) is 0 Å². The van der Waals surface area contributed by atoms with Crippen molar-refractivity contribution in [1.29, 1.82) is 0 Å². The van der Waals surface area contributed by atoms with Crippen molar-refractivity contribution in [2.24, 2.45) is 0 Å². The fraction of sp³-hybridized carbons (Fsp3) is 0.0870. The van der Waals surface area contributed by atoms with Crippen molar-refractivity contribution in [2.75, 3.05) is 5.32 Å². The first-order valence-electron chi connectivity index (χ1n) is 9.65. The van der Waals surface area contributed by atoms with Gasteiger partial charge >= 0.3 is 0 Å². The zero-order valence-corrected chi connectivity index (χ0v) is 18.0. The number of fused-ring (bicyclic) bond motifs is 1. The molecule has 9 heteroatoms. The van der Waals surface area contributed by atoms with Gasteiger partial charge in [-0.2, -0.15) is 0 Å². The maximum absolute atomic E-state index is 12.4. The van der Waals surface area contributed by atoms with Gasteiger partial charge in [0.25, 0.3) is 11.6 Å². The first kappa shape index (κ1) is 21.1. The molecule has 0 radical (unpaired) electrons. The van der Waals surface area contributed by atoms with E-state index in [2.05, 4.69) is 15.6 Å². The average molecular weight is 446 g/mol. The molecule has 0 spiro atoms. The van der Waals surface area contributed by atoms with Gasteiger partial charge in [0.05, 0.1) is 4.92 Å². The summed E-state index contributed by atoms with van der Waals surface area (Å²) in [5.41, 5.74) is 5.10. The largest absolute Gasteiger partial charge is 0.436 e. The minimum Gasteiger partial charge on any atom is -0.436 e. The fourth-order valence-electron chi connectivity index (χ4n) is 3.11. The lowest BCUT2D eigenvalue weighted by Crippen LogP contribution is -2.34. The Morgan fingerprint density at radius 2 is 1.81 bits per heavy atom. The molecular formula is C23H18N4O4S. The smallest absolute Gasteiger partial charge is 0.269 e. The molecule has 8 nitrogen and oxygen atoms in total. The maximum Gasteiger partial charge on any atom is 0.269 e. The third-order valence-electron chi connectivity index (χ3n) is 4.84. The second-order valence-electron chi connectivity index (χ2n) is 7.23. The summed E-state index contributed by atoms with van der Waals surface area (Å²) in [7, 11) is 0. The highest BCUT2D eigenvalue weighted by Crippen LogP contribution is 2.28. The number of thiocarbonyl (C=S) groups is 1. The number of amides is 1. The Kier molecular flexibility index (Phi) is 5.65. The van der Waals surface area contributed by atoms with Gasteiger partial charge in [-0.15, -0.1) is 0 Å². The second-order valence-corrected chi connectivity index (χ2v) is 7.64. The van der Waals surface area contributed by atoms with Crippen LogP contribution in [-0.2, 0) is 0 Å². The molecule has 1 amide bonds. The Labute approximate surface area is 188 Å². The molecule has 0 fully saturated rings. The summed E-state index contributed by atoms with van der Waals surface area (Å²) in [6.07, 6.45) is 0. The molecule has 1 aromatic heterocycles. The number of non-ortho nitro benzene ring substituents is 1. The fourth-order valence-corrected chi connectivity index (χ4v) is 3.32. The molecule has 0 aliphatic carbocycles. The van der Waals surface area contributed by atoms with Crippen LogP contribution < -0.4 is 10.6 Å². The van der Waals surface area contributed by atoms with E-state index in [0.717, 1.165) is 22.2 Å². The first-order valence-corrected chi connectivity index (χ1v) is 10.1. The summed E-state index contributed by atoms with van der Waals surface area (Å²) in [6, 6.07) is 16.7. The molecule has 32 heavy (non-hydrogen) atoms. The van der Waals surface area contributed by atoms with Gasteiger partial charge in [-0.3, -0.25) is 20.2 Å². The summed E-state index contributed by atoms with van der Waals surface area (Å²) in [5.74, 6) is 0.00927. The highest BCUT2D eigenvalue weighted by molar-refractivity contribution is 7.80. The van der Waals surface area contributed by atoms with Crippen LogP contribution in [0.2, 0.25) is 0 Å². The average Bonchev–Trinajstić information content (AvgIpc) is 3.18. The Morgan fingerprint density at radius 3 is 2.53 bits per heavy atom. The Bertz CT molecular complexity index is 1360. The van der Waals surface area contributed by atoms with E-state index in [1.54, 1.807) is 0 Å². The van der Waals surface area contributed by atoms with Gasteiger partial charge in [0.15, 0.2) is 10.7 Å². The Morgan fingerprint density at radius 1 is 1.06 bits per heavy atom. The molecule has 0 aliphatic heterocycles. The number of benzene rings is 3. The van der Waals surface area contributed by atoms with Crippen LogP contribution in [0.1, 0.15) is 21.5 Å². The number of oxazole rings is 1. The number of nitrogens with zero attached hydrogens (tertiary/aromatic N) is 2. The predicted molar refractivity (Wildman–Crippen MR) is 126 cm³/mol. The van der Waals surface area contributed by atoms with Crippen molar-refractivity contribution in [3.8, 4) is 11.5 Å². The van der Waals surface area contributed by atoms with Crippen LogP contribution in [0.15, 0.2) is 65.1 Å². The van der Waals surface area contributed by atoms with Crippen molar-refractivity contribution in [2.45, 2.75) is 13.8 Å². The quantitative estimate of drug-likeness (QED) is 0.253. The van der Waals surface area contributed by atoms with E-state index in [0.29, 0.717) is 17.2 Å². The lowest BCUT2D eigenvalue weighted by molar-refractivity contribution is -0.384. The number of hydrogen-bond donors (Lipinski definition) is 2. The topological polar surface area (TPSA) is 110 Å². The van der Waals surface area contributed by atoms with Crippen LogP contribution in [0.25, 0.3) is 22.6 Å². The molecule has 3 aromatic carbocycles. The zero-order chi connectivity index (χ0) is 22.8. The van der Waals surface area contributed by atoms with Crippen molar-refractivity contribution in [1.82, 2.24) is 10.3 Å². The van der Waals surface area contributed by atoms with E-state index >= 15 is 0 Å². The van der Waals surface area contributed by atoms with Gasteiger partial charge in [-0.05, 0) is 73.6 Å². The maximum atomic E-state index is 12.4. The molecule has 0 saturated carbocycles. The summed E-state index contributed by atoms with van der Waals surface area (Å²) in [5, 5.41) is 16.4. The minimum absolute atomic E-state index is 0.0935. The van der Waals surface area contributed by atoms with E-state index < -0.39 is 10.8 Å². The number of aryl methyl sites for hydroxylation is 2. The molecule has 0 atom stereocenters. The van der Waals surface area contributed by atoms with Crippen LogP contribution in [-0.4, -0.2) is 20.9 Å². The van der Waals surface area contributed by atoms with Gasteiger partial charge in [0, 0.05) is 28.9 Å². The summed E-state index contributed by atoms with van der Waals surface area (Å²) < 4.78 is 5.87. The number of nitro benzene ring substituents is 1. The molecule has 0 bridgehead atoms. The highest BCUT2D eigenvalue weighted by atomic mass is 32.1. The Balaban J connectivity index is 1.50. The minimum atomic E-state index is -0.526. The van der Waals surface area contributed by atoms with E-state index in [1.165, 1.54) is 24.3 Å². The van der Waals surface area contributed by atoms with Gasteiger partial charge in [0.2, 0.25) is 5.89 Å². The first-order chi connectivity index (χ1) is 15.3. The predicted octanol–water partition coefficient (Wildman–Crippen LogP) is 5.15. The molecule has 4 aromatic rings. The second kappa shape index (κ2) is 8.56. The van der Waals surface area contributed by atoms with Crippen molar-refractivity contribution < 1.29 is 14.1 Å². The molecule has 0 aliphatic rings. The normalized spacial score (nSPS) is 10.7.